The summed E-state index contributed by atoms with van der Waals surface area (Å²) in [6.07, 6.45) is 1.50. The summed E-state index contributed by atoms with van der Waals surface area (Å²) >= 11 is 0. The zero-order valence-corrected chi connectivity index (χ0v) is 15.0. The predicted octanol–water partition coefficient (Wildman–Crippen LogP) is 3.92. The van der Waals surface area contributed by atoms with Gasteiger partial charge >= 0.3 is 0 Å². The molecule has 2 aromatic rings. The molecule has 3 rings (SSSR count). The van der Waals surface area contributed by atoms with E-state index in [1.165, 1.54) is 11.1 Å². The molecule has 130 valence electrons. The van der Waals surface area contributed by atoms with Crippen LogP contribution in [0.5, 0.6) is 0 Å². The highest BCUT2D eigenvalue weighted by molar-refractivity contribution is 5.97. The van der Waals surface area contributed by atoms with Crippen LogP contribution in [0.2, 0.25) is 0 Å². The fraction of sp³-hybridized carbons (Fsp3) is 0.333. The van der Waals surface area contributed by atoms with Crippen molar-refractivity contribution in [2.45, 2.75) is 39.7 Å². The van der Waals surface area contributed by atoms with Gasteiger partial charge in [-0.15, -0.1) is 0 Å². The Balaban J connectivity index is 1.70. The largest absolute Gasteiger partial charge is 0.346 e. The maximum atomic E-state index is 12.5. The minimum Gasteiger partial charge on any atom is -0.346 e. The third-order valence-corrected chi connectivity index (χ3v) is 4.76. The molecular weight excluding hydrogens is 312 g/mol. The topological polar surface area (TPSA) is 49.4 Å². The number of hydrogen-bond donors (Lipinski definition) is 1. The lowest BCUT2D eigenvalue weighted by Gasteiger charge is -2.18. The molecule has 1 aliphatic heterocycles. The van der Waals surface area contributed by atoms with Crippen LogP contribution < -0.4 is 10.2 Å². The maximum Gasteiger partial charge on any atom is 0.251 e. The van der Waals surface area contributed by atoms with Gasteiger partial charge in [-0.1, -0.05) is 23.8 Å². The standard InChI is InChI=1S/C21H24N2O2/c1-14-6-7-15(2)19(13-14)16(3)22-21(25)17-8-10-18(11-9-17)23-12-4-5-20(23)24/h6-11,13,16H,4-5,12H2,1-3H3,(H,22,25). The SMILES string of the molecule is Cc1ccc(C)c(C(C)NC(=O)c2ccc(N3CCCC3=O)cc2)c1. The Morgan fingerprint density at radius 3 is 2.48 bits per heavy atom. The first-order chi connectivity index (χ1) is 12.0. The van der Waals surface area contributed by atoms with Crippen LogP contribution in [0.25, 0.3) is 0 Å². The first-order valence-electron chi connectivity index (χ1n) is 8.74. The summed E-state index contributed by atoms with van der Waals surface area (Å²) in [6.45, 7) is 6.86. The third kappa shape index (κ3) is 3.73. The lowest BCUT2D eigenvalue weighted by Crippen LogP contribution is -2.27. The molecule has 4 heteroatoms. The number of amides is 2. The number of rotatable bonds is 4. The number of hydrogen-bond acceptors (Lipinski definition) is 2. The van der Waals surface area contributed by atoms with Crippen LogP contribution >= 0.6 is 0 Å². The molecule has 1 heterocycles. The van der Waals surface area contributed by atoms with Crippen molar-refractivity contribution < 1.29 is 9.59 Å². The summed E-state index contributed by atoms with van der Waals surface area (Å²) < 4.78 is 0. The Labute approximate surface area is 148 Å². The number of nitrogens with one attached hydrogen (secondary N) is 1. The van der Waals surface area contributed by atoms with Gasteiger partial charge in [-0.2, -0.15) is 0 Å². The van der Waals surface area contributed by atoms with Crippen molar-refractivity contribution in [2.24, 2.45) is 0 Å². The quantitative estimate of drug-likeness (QED) is 0.920. The molecule has 0 aromatic heterocycles. The van der Waals surface area contributed by atoms with Crippen molar-refractivity contribution >= 4 is 17.5 Å². The van der Waals surface area contributed by atoms with E-state index in [4.69, 9.17) is 0 Å². The average molecular weight is 336 g/mol. The summed E-state index contributed by atoms with van der Waals surface area (Å²) in [4.78, 5) is 26.1. The smallest absolute Gasteiger partial charge is 0.251 e. The van der Waals surface area contributed by atoms with E-state index in [0.717, 1.165) is 24.2 Å². The summed E-state index contributed by atoms with van der Waals surface area (Å²) in [5.74, 6) is 0.0495. The van der Waals surface area contributed by atoms with E-state index in [-0.39, 0.29) is 17.9 Å². The lowest BCUT2D eigenvalue weighted by molar-refractivity contribution is -0.117. The van der Waals surface area contributed by atoms with Crippen molar-refractivity contribution in [3.8, 4) is 0 Å². The molecule has 1 N–H and O–H groups in total. The molecule has 1 saturated heterocycles. The number of anilines is 1. The number of benzene rings is 2. The van der Waals surface area contributed by atoms with Crippen molar-refractivity contribution in [3.05, 3.63) is 64.7 Å². The first-order valence-corrected chi connectivity index (χ1v) is 8.74. The molecule has 0 saturated carbocycles. The molecule has 0 spiro atoms. The second-order valence-electron chi connectivity index (χ2n) is 6.75. The zero-order valence-electron chi connectivity index (χ0n) is 15.0. The summed E-state index contributed by atoms with van der Waals surface area (Å²) in [6, 6.07) is 13.5. The van der Waals surface area contributed by atoms with Crippen LogP contribution in [0.15, 0.2) is 42.5 Å². The van der Waals surface area contributed by atoms with Crippen molar-refractivity contribution in [1.82, 2.24) is 5.32 Å². The zero-order chi connectivity index (χ0) is 18.0. The van der Waals surface area contributed by atoms with E-state index in [1.54, 1.807) is 17.0 Å². The van der Waals surface area contributed by atoms with Gasteiger partial charge < -0.3 is 10.2 Å². The number of carbonyl (C=O) groups is 2. The Bertz CT molecular complexity index is 796. The minimum absolute atomic E-state index is 0.0627. The van der Waals surface area contributed by atoms with Crippen molar-refractivity contribution in [2.75, 3.05) is 11.4 Å². The van der Waals surface area contributed by atoms with Crippen LogP contribution in [0.3, 0.4) is 0 Å². The van der Waals surface area contributed by atoms with Crippen LogP contribution in [0.4, 0.5) is 5.69 Å². The van der Waals surface area contributed by atoms with Crippen molar-refractivity contribution in [1.29, 1.82) is 0 Å². The fourth-order valence-electron chi connectivity index (χ4n) is 3.30. The van der Waals surface area contributed by atoms with Gasteiger partial charge in [-0.25, -0.2) is 0 Å². The Morgan fingerprint density at radius 1 is 1.12 bits per heavy atom. The van der Waals surface area contributed by atoms with E-state index in [9.17, 15) is 9.59 Å². The molecule has 2 amide bonds. The summed E-state index contributed by atoms with van der Waals surface area (Å²) in [5, 5.41) is 3.06. The number of carbonyl (C=O) groups excluding carboxylic acids is 2. The Kier molecular flexibility index (Phi) is 4.88. The predicted molar refractivity (Wildman–Crippen MR) is 99.8 cm³/mol. The highest BCUT2D eigenvalue weighted by atomic mass is 16.2. The molecule has 4 nitrogen and oxygen atoms in total. The van der Waals surface area contributed by atoms with E-state index in [0.29, 0.717) is 12.0 Å². The Morgan fingerprint density at radius 2 is 1.84 bits per heavy atom. The molecule has 1 aliphatic rings. The van der Waals surface area contributed by atoms with Gasteiger partial charge in [0.15, 0.2) is 0 Å². The molecule has 0 bridgehead atoms. The van der Waals surface area contributed by atoms with Gasteiger partial charge in [0, 0.05) is 24.2 Å². The number of aryl methyl sites for hydroxylation is 2. The highest BCUT2D eigenvalue weighted by Crippen LogP contribution is 2.23. The molecular formula is C21H24N2O2. The number of nitrogens with zero attached hydrogens (tertiary/aromatic N) is 1. The fourth-order valence-corrected chi connectivity index (χ4v) is 3.30. The normalized spacial score (nSPS) is 15.3. The molecule has 0 aliphatic carbocycles. The van der Waals surface area contributed by atoms with Gasteiger partial charge in [0.25, 0.3) is 5.91 Å². The average Bonchev–Trinajstić information content (AvgIpc) is 3.03. The Hall–Kier alpha value is -2.62. The summed E-state index contributed by atoms with van der Waals surface area (Å²) in [7, 11) is 0. The van der Waals surface area contributed by atoms with Gasteiger partial charge in [0.1, 0.15) is 0 Å². The van der Waals surface area contributed by atoms with E-state index in [2.05, 4.69) is 37.4 Å². The van der Waals surface area contributed by atoms with Gasteiger partial charge in [0.2, 0.25) is 5.91 Å². The molecule has 2 aromatic carbocycles. The van der Waals surface area contributed by atoms with Gasteiger partial charge in [0.05, 0.1) is 6.04 Å². The van der Waals surface area contributed by atoms with Crippen LogP contribution in [0.1, 0.15) is 52.9 Å². The third-order valence-electron chi connectivity index (χ3n) is 4.76. The van der Waals surface area contributed by atoms with Gasteiger partial charge in [-0.3, -0.25) is 9.59 Å². The van der Waals surface area contributed by atoms with Crippen molar-refractivity contribution in [3.63, 3.8) is 0 Å². The lowest BCUT2D eigenvalue weighted by atomic mass is 9.99. The molecule has 25 heavy (non-hydrogen) atoms. The summed E-state index contributed by atoms with van der Waals surface area (Å²) in [5.41, 5.74) is 4.95. The maximum absolute atomic E-state index is 12.5. The monoisotopic (exact) mass is 336 g/mol. The highest BCUT2D eigenvalue weighted by Gasteiger charge is 2.22. The second-order valence-corrected chi connectivity index (χ2v) is 6.75. The second kappa shape index (κ2) is 7.09. The van der Waals surface area contributed by atoms with Crippen LogP contribution in [-0.4, -0.2) is 18.4 Å². The van der Waals surface area contributed by atoms with Gasteiger partial charge in [-0.05, 0) is 62.6 Å². The van der Waals surface area contributed by atoms with E-state index >= 15 is 0 Å². The van der Waals surface area contributed by atoms with E-state index in [1.807, 2.05) is 19.1 Å². The van der Waals surface area contributed by atoms with Crippen LogP contribution in [0, 0.1) is 13.8 Å². The minimum atomic E-state index is -0.104. The molecule has 0 radical (unpaired) electrons. The van der Waals surface area contributed by atoms with Crippen LogP contribution in [-0.2, 0) is 4.79 Å². The molecule has 1 fully saturated rings. The molecule has 1 atom stereocenters. The molecule has 1 unspecified atom stereocenters. The van der Waals surface area contributed by atoms with E-state index < -0.39 is 0 Å². The first kappa shape index (κ1) is 17.2.